The molecule has 4 nitrogen and oxygen atoms in total. The minimum atomic E-state index is -0.627. The van der Waals surface area contributed by atoms with Crippen LogP contribution >= 0.6 is 11.6 Å². The summed E-state index contributed by atoms with van der Waals surface area (Å²) in [5, 5.41) is 22.2. The van der Waals surface area contributed by atoms with Crippen LogP contribution in [-0.4, -0.2) is 30.5 Å². The number of rotatable bonds is 6. The van der Waals surface area contributed by atoms with Gasteiger partial charge in [-0.1, -0.05) is 11.6 Å². The van der Waals surface area contributed by atoms with E-state index in [0.717, 1.165) is 0 Å². The van der Waals surface area contributed by atoms with Crippen molar-refractivity contribution in [2.24, 2.45) is 0 Å². The molecule has 1 aromatic carbocycles. The Morgan fingerprint density at radius 3 is 2.83 bits per heavy atom. The summed E-state index contributed by atoms with van der Waals surface area (Å²) in [5.74, 6) is 0. The number of nitrogens with zero attached hydrogens (tertiary/aromatic N) is 1. The molecule has 0 saturated heterocycles. The van der Waals surface area contributed by atoms with Crippen molar-refractivity contribution in [3.8, 4) is 6.07 Å². The molecule has 0 aliphatic heterocycles. The van der Waals surface area contributed by atoms with Crippen LogP contribution in [0.25, 0.3) is 0 Å². The van der Waals surface area contributed by atoms with Gasteiger partial charge in [0.1, 0.15) is 6.07 Å². The highest BCUT2D eigenvalue weighted by Gasteiger charge is 2.08. The van der Waals surface area contributed by atoms with Crippen molar-refractivity contribution in [1.29, 1.82) is 5.26 Å². The summed E-state index contributed by atoms with van der Waals surface area (Å²) < 4.78 is 5.29. The molecule has 0 spiro atoms. The highest BCUT2D eigenvalue weighted by Crippen LogP contribution is 2.20. The maximum Gasteiger partial charge on any atom is 0.101 e. The third-order valence-corrected chi connectivity index (χ3v) is 2.49. The van der Waals surface area contributed by atoms with E-state index in [0.29, 0.717) is 22.8 Å². The molecule has 0 heterocycles. The zero-order valence-corrected chi connectivity index (χ0v) is 11.2. The highest BCUT2D eigenvalue weighted by atomic mass is 35.5. The van der Waals surface area contributed by atoms with Gasteiger partial charge in [-0.15, -0.1) is 0 Å². The molecule has 2 N–H and O–H groups in total. The number of halogens is 1. The minimum Gasteiger partial charge on any atom is -0.389 e. The van der Waals surface area contributed by atoms with Crippen LogP contribution in [0.2, 0.25) is 5.02 Å². The van der Waals surface area contributed by atoms with E-state index in [4.69, 9.17) is 21.6 Å². The summed E-state index contributed by atoms with van der Waals surface area (Å²) in [6, 6.07) is 7.02. The van der Waals surface area contributed by atoms with Crippen molar-refractivity contribution in [1.82, 2.24) is 0 Å². The van der Waals surface area contributed by atoms with Crippen LogP contribution in [0.4, 0.5) is 5.69 Å². The summed E-state index contributed by atoms with van der Waals surface area (Å²) in [5.41, 5.74) is 1.12. The molecule has 5 heteroatoms. The number of nitrogens with one attached hydrogen (secondary N) is 1. The molecular formula is C13H17ClN2O2. The van der Waals surface area contributed by atoms with Crippen LogP contribution in [0.15, 0.2) is 18.2 Å². The Balaban J connectivity index is 2.53. The van der Waals surface area contributed by atoms with Crippen LogP contribution in [0.3, 0.4) is 0 Å². The zero-order chi connectivity index (χ0) is 13.5. The number of nitriles is 1. The van der Waals surface area contributed by atoms with Gasteiger partial charge >= 0.3 is 0 Å². The smallest absolute Gasteiger partial charge is 0.101 e. The molecule has 0 aliphatic rings. The Kier molecular flexibility index (Phi) is 5.93. The van der Waals surface area contributed by atoms with Gasteiger partial charge in [-0.2, -0.15) is 5.26 Å². The molecule has 0 aromatic heterocycles. The van der Waals surface area contributed by atoms with Gasteiger partial charge in [0.2, 0.25) is 0 Å². The molecular weight excluding hydrogens is 252 g/mol. The molecule has 18 heavy (non-hydrogen) atoms. The van der Waals surface area contributed by atoms with Crippen molar-refractivity contribution < 1.29 is 9.84 Å². The predicted octanol–water partition coefficient (Wildman–Crippen LogP) is 2.41. The lowest BCUT2D eigenvalue weighted by Gasteiger charge is -2.15. The Morgan fingerprint density at radius 2 is 2.22 bits per heavy atom. The summed E-state index contributed by atoms with van der Waals surface area (Å²) in [6.07, 6.45) is -0.543. The average molecular weight is 269 g/mol. The van der Waals surface area contributed by atoms with Crippen molar-refractivity contribution in [2.75, 3.05) is 18.5 Å². The van der Waals surface area contributed by atoms with Gasteiger partial charge in [-0.05, 0) is 32.0 Å². The SMILES string of the molecule is CC(C)OCC(O)CNc1cc(Cl)ccc1C#N. The van der Waals surface area contributed by atoms with E-state index in [2.05, 4.69) is 11.4 Å². The monoisotopic (exact) mass is 268 g/mol. The molecule has 1 atom stereocenters. The fraction of sp³-hybridized carbons (Fsp3) is 0.462. The Bertz CT molecular complexity index is 429. The van der Waals surface area contributed by atoms with Gasteiger partial charge in [0.15, 0.2) is 0 Å². The second-order valence-corrected chi connectivity index (χ2v) is 4.65. The molecule has 98 valence electrons. The Labute approximate surface area is 112 Å². The standard InChI is InChI=1S/C13H17ClN2O2/c1-9(2)18-8-12(17)7-16-13-5-11(14)4-3-10(13)6-15/h3-5,9,12,16-17H,7-8H2,1-2H3. The van der Waals surface area contributed by atoms with E-state index in [1.807, 2.05) is 13.8 Å². The molecule has 0 bridgehead atoms. The third kappa shape index (κ3) is 4.92. The Hall–Kier alpha value is -1.28. The van der Waals surface area contributed by atoms with Crippen LogP contribution in [0.1, 0.15) is 19.4 Å². The average Bonchev–Trinajstić information content (AvgIpc) is 2.34. The first-order valence-corrected chi connectivity index (χ1v) is 6.14. The van der Waals surface area contributed by atoms with Crippen molar-refractivity contribution in [3.63, 3.8) is 0 Å². The van der Waals surface area contributed by atoms with E-state index in [1.165, 1.54) is 0 Å². The second-order valence-electron chi connectivity index (χ2n) is 4.22. The molecule has 0 radical (unpaired) electrons. The van der Waals surface area contributed by atoms with E-state index in [-0.39, 0.29) is 12.7 Å². The number of anilines is 1. The van der Waals surface area contributed by atoms with E-state index in [1.54, 1.807) is 18.2 Å². The molecule has 0 saturated carbocycles. The largest absolute Gasteiger partial charge is 0.389 e. The maximum atomic E-state index is 9.69. The van der Waals surface area contributed by atoms with Gasteiger partial charge in [-0.25, -0.2) is 0 Å². The number of ether oxygens (including phenoxy) is 1. The number of hydrogen-bond donors (Lipinski definition) is 2. The van der Waals surface area contributed by atoms with Crippen LogP contribution in [0.5, 0.6) is 0 Å². The van der Waals surface area contributed by atoms with Crippen molar-refractivity contribution in [3.05, 3.63) is 28.8 Å². The van der Waals surface area contributed by atoms with Gasteiger partial charge in [0.25, 0.3) is 0 Å². The maximum absolute atomic E-state index is 9.69. The van der Waals surface area contributed by atoms with Gasteiger partial charge in [-0.3, -0.25) is 0 Å². The van der Waals surface area contributed by atoms with E-state index in [9.17, 15) is 5.11 Å². The fourth-order valence-electron chi connectivity index (χ4n) is 1.35. The van der Waals surface area contributed by atoms with Gasteiger partial charge < -0.3 is 15.2 Å². The number of aliphatic hydroxyl groups is 1. The van der Waals surface area contributed by atoms with Crippen LogP contribution in [0, 0.1) is 11.3 Å². The first-order chi connectivity index (χ1) is 8.52. The van der Waals surface area contributed by atoms with Crippen molar-refractivity contribution >= 4 is 17.3 Å². The van der Waals surface area contributed by atoms with Crippen LogP contribution in [-0.2, 0) is 4.74 Å². The van der Waals surface area contributed by atoms with E-state index >= 15 is 0 Å². The van der Waals surface area contributed by atoms with Gasteiger partial charge in [0, 0.05) is 11.6 Å². The minimum absolute atomic E-state index is 0.0838. The van der Waals surface area contributed by atoms with E-state index < -0.39 is 6.10 Å². The lowest BCUT2D eigenvalue weighted by atomic mass is 10.2. The molecule has 0 aliphatic carbocycles. The zero-order valence-electron chi connectivity index (χ0n) is 10.5. The summed E-state index contributed by atoms with van der Waals surface area (Å²) in [7, 11) is 0. The topological polar surface area (TPSA) is 65.3 Å². The number of hydrogen-bond acceptors (Lipinski definition) is 4. The Morgan fingerprint density at radius 1 is 1.50 bits per heavy atom. The first kappa shape index (κ1) is 14.8. The lowest BCUT2D eigenvalue weighted by Crippen LogP contribution is -2.26. The van der Waals surface area contributed by atoms with Crippen LogP contribution < -0.4 is 5.32 Å². The quantitative estimate of drug-likeness (QED) is 0.832. The number of aliphatic hydroxyl groups excluding tert-OH is 1. The summed E-state index contributed by atoms with van der Waals surface area (Å²) >= 11 is 5.86. The number of benzene rings is 1. The second kappa shape index (κ2) is 7.22. The summed E-state index contributed by atoms with van der Waals surface area (Å²) in [6.45, 7) is 4.38. The molecule has 0 fully saturated rings. The lowest BCUT2D eigenvalue weighted by molar-refractivity contribution is 0.0112. The predicted molar refractivity (Wildman–Crippen MR) is 71.8 cm³/mol. The molecule has 1 unspecified atom stereocenters. The third-order valence-electron chi connectivity index (χ3n) is 2.25. The highest BCUT2D eigenvalue weighted by molar-refractivity contribution is 6.30. The fourth-order valence-corrected chi connectivity index (χ4v) is 1.52. The normalized spacial score (nSPS) is 12.2. The first-order valence-electron chi connectivity index (χ1n) is 5.76. The molecule has 1 aromatic rings. The molecule has 0 amide bonds. The summed E-state index contributed by atoms with van der Waals surface area (Å²) in [4.78, 5) is 0. The van der Waals surface area contributed by atoms with Crippen molar-refractivity contribution in [2.45, 2.75) is 26.1 Å². The van der Waals surface area contributed by atoms with Gasteiger partial charge in [0.05, 0.1) is 30.1 Å². The molecule has 1 rings (SSSR count).